The molecule has 2 aromatic carbocycles. The Morgan fingerprint density at radius 1 is 1.00 bits per heavy atom. The van der Waals surface area contributed by atoms with Gasteiger partial charge < -0.3 is 4.57 Å². The molecule has 0 amide bonds. The summed E-state index contributed by atoms with van der Waals surface area (Å²) in [7, 11) is 0. The van der Waals surface area contributed by atoms with E-state index in [1.807, 2.05) is 31.2 Å². The SMILES string of the molecule is CC1=Cc2cc3ccccc3n2C(c2ccccc2)CC1=O. The Bertz CT molecular complexity index is 886. The van der Waals surface area contributed by atoms with Crippen molar-refractivity contribution in [2.75, 3.05) is 0 Å². The van der Waals surface area contributed by atoms with Gasteiger partial charge in [-0.15, -0.1) is 0 Å². The van der Waals surface area contributed by atoms with Crippen LogP contribution in [0.1, 0.15) is 30.6 Å². The molecule has 0 radical (unpaired) electrons. The standard InChI is InChI=1S/C20H17NO/c1-14-11-17-12-16-9-5-6-10-18(16)21(17)19(13-20(14)22)15-7-3-2-4-8-15/h2-12,19H,13H2,1H3. The molecule has 0 aliphatic carbocycles. The first-order chi connectivity index (χ1) is 10.7. The molecule has 2 heteroatoms. The van der Waals surface area contributed by atoms with E-state index >= 15 is 0 Å². The third-order valence-electron chi connectivity index (χ3n) is 4.46. The smallest absolute Gasteiger partial charge is 0.161 e. The van der Waals surface area contributed by atoms with Gasteiger partial charge in [-0.1, -0.05) is 48.5 Å². The summed E-state index contributed by atoms with van der Waals surface area (Å²) in [6, 6.07) is 20.9. The number of rotatable bonds is 1. The highest BCUT2D eigenvalue weighted by Crippen LogP contribution is 2.34. The van der Waals surface area contributed by atoms with Crippen molar-refractivity contribution >= 4 is 22.8 Å². The molecule has 0 N–H and O–H groups in total. The summed E-state index contributed by atoms with van der Waals surface area (Å²) in [5, 5.41) is 1.22. The van der Waals surface area contributed by atoms with Crippen LogP contribution in [0.25, 0.3) is 17.0 Å². The van der Waals surface area contributed by atoms with Gasteiger partial charge in [0.25, 0.3) is 0 Å². The fourth-order valence-electron chi connectivity index (χ4n) is 3.33. The second kappa shape index (κ2) is 4.99. The quantitative estimate of drug-likeness (QED) is 0.640. The molecule has 1 aliphatic heterocycles. The molecule has 1 aromatic heterocycles. The maximum absolute atomic E-state index is 12.4. The number of ketones is 1. The van der Waals surface area contributed by atoms with Gasteiger partial charge in [0.2, 0.25) is 0 Å². The van der Waals surface area contributed by atoms with Crippen molar-refractivity contribution in [3.8, 4) is 0 Å². The van der Waals surface area contributed by atoms with Crippen molar-refractivity contribution in [3.05, 3.63) is 77.5 Å². The van der Waals surface area contributed by atoms with Crippen molar-refractivity contribution in [2.45, 2.75) is 19.4 Å². The zero-order valence-electron chi connectivity index (χ0n) is 12.5. The number of nitrogens with zero attached hydrogens (tertiary/aromatic N) is 1. The third kappa shape index (κ3) is 2.00. The first-order valence-electron chi connectivity index (χ1n) is 7.60. The molecular weight excluding hydrogens is 270 g/mol. The first-order valence-corrected chi connectivity index (χ1v) is 7.60. The van der Waals surface area contributed by atoms with Gasteiger partial charge in [0.15, 0.2) is 5.78 Å². The summed E-state index contributed by atoms with van der Waals surface area (Å²) in [6.07, 6.45) is 2.53. The minimum atomic E-state index is 0.0531. The summed E-state index contributed by atoms with van der Waals surface area (Å²) in [5.41, 5.74) is 4.31. The number of benzene rings is 2. The number of fused-ring (bicyclic) bond motifs is 3. The highest BCUT2D eigenvalue weighted by Gasteiger charge is 2.25. The van der Waals surface area contributed by atoms with E-state index in [1.54, 1.807) is 0 Å². The molecule has 2 heterocycles. The molecule has 108 valence electrons. The summed E-state index contributed by atoms with van der Waals surface area (Å²) in [5.74, 6) is 0.224. The number of carbonyl (C=O) groups excluding carboxylic acids is 1. The Kier molecular flexibility index (Phi) is 2.97. The van der Waals surface area contributed by atoms with Crippen LogP contribution in [-0.4, -0.2) is 10.4 Å². The van der Waals surface area contributed by atoms with Crippen LogP contribution in [-0.2, 0) is 4.79 Å². The van der Waals surface area contributed by atoms with Crippen molar-refractivity contribution < 1.29 is 4.79 Å². The molecule has 1 unspecified atom stereocenters. The van der Waals surface area contributed by atoms with Crippen LogP contribution in [0.4, 0.5) is 0 Å². The van der Waals surface area contributed by atoms with Gasteiger partial charge in [-0.05, 0) is 36.3 Å². The number of allylic oxidation sites excluding steroid dienone is 1. The summed E-state index contributed by atoms with van der Waals surface area (Å²) in [6.45, 7) is 1.91. The fourth-order valence-corrected chi connectivity index (χ4v) is 3.33. The second-order valence-corrected chi connectivity index (χ2v) is 5.88. The lowest BCUT2D eigenvalue weighted by molar-refractivity contribution is -0.115. The summed E-state index contributed by atoms with van der Waals surface area (Å²) < 4.78 is 2.30. The zero-order chi connectivity index (χ0) is 15.1. The van der Waals surface area contributed by atoms with Crippen LogP contribution >= 0.6 is 0 Å². The van der Waals surface area contributed by atoms with E-state index in [0.717, 1.165) is 11.3 Å². The van der Waals surface area contributed by atoms with Gasteiger partial charge in [0, 0.05) is 23.0 Å². The summed E-state index contributed by atoms with van der Waals surface area (Å²) in [4.78, 5) is 12.4. The first kappa shape index (κ1) is 13.1. The molecule has 1 atom stereocenters. The van der Waals surface area contributed by atoms with Crippen LogP contribution in [0.5, 0.6) is 0 Å². The molecule has 2 nitrogen and oxygen atoms in total. The van der Waals surface area contributed by atoms with Gasteiger partial charge in [-0.3, -0.25) is 4.79 Å². The molecule has 3 aromatic rings. The zero-order valence-corrected chi connectivity index (χ0v) is 12.5. The lowest BCUT2D eigenvalue weighted by Crippen LogP contribution is -2.14. The number of aromatic nitrogens is 1. The lowest BCUT2D eigenvalue weighted by atomic mass is 9.99. The molecular formula is C20H17NO. The second-order valence-electron chi connectivity index (χ2n) is 5.88. The van der Waals surface area contributed by atoms with E-state index in [-0.39, 0.29) is 11.8 Å². The average Bonchev–Trinajstić information content (AvgIpc) is 2.85. The number of hydrogen-bond donors (Lipinski definition) is 0. The van der Waals surface area contributed by atoms with E-state index in [9.17, 15) is 4.79 Å². The van der Waals surface area contributed by atoms with Gasteiger partial charge in [-0.2, -0.15) is 0 Å². The Hall–Kier alpha value is -2.61. The van der Waals surface area contributed by atoms with Gasteiger partial charge >= 0.3 is 0 Å². The van der Waals surface area contributed by atoms with Crippen LogP contribution in [0, 0.1) is 0 Å². The Morgan fingerprint density at radius 3 is 2.55 bits per heavy atom. The average molecular weight is 287 g/mol. The predicted octanol–water partition coefficient (Wildman–Crippen LogP) is 4.61. The van der Waals surface area contributed by atoms with E-state index in [4.69, 9.17) is 0 Å². The maximum Gasteiger partial charge on any atom is 0.161 e. The highest BCUT2D eigenvalue weighted by molar-refractivity contribution is 6.01. The van der Waals surface area contributed by atoms with Crippen LogP contribution < -0.4 is 0 Å². The fraction of sp³-hybridized carbons (Fsp3) is 0.150. The number of carbonyl (C=O) groups is 1. The Morgan fingerprint density at radius 2 is 1.73 bits per heavy atom. The van der Waals surface area contributed by atoms with Crippen molar-refractivity contribution in [1.29, 1.82) is 0 Å². The minimum absolute atomic E-state index is 0.0531. The largest absolute Gasteiger partial charge is 0.333 e. The Balaban J connectivity index is 2.01. The Labute approximate surface area is 129 Å². The van der Waals surface area contributed by atoms with E-state index in [2.05, 4.69) is 47.0 Å². The van der Waals surface area contributed by atoms with E-state index in [1.165, 1.54) is 16.5 Å². The molecule has 0 saturated carbocycles. The predicted molar refractivity (Wildman–Crippen MR) is 89.8 cm³/mol. The molecule has 1 aliphatic rings. The molecule has 0 bridgehead atoms. The molecule has 4 rings (SSSR count). The van der Waals surface area contributed by atoms with E-state index in [0.29, 0.717) is 6.42 Å². The van der Waals surface area contributed by atoms with Crippen molar-refractivity contribution in [1.82, 2.24) is 4.57 Å². The minimum Gasteiger partial charge on any atom is -0.333 e. The van der Waals surface area contributed by atoms with E-state index < -0.39 is 0 Å². The van der Waals surface area contributed by atoms with Gasteiger partial charge in [0.05, 0.1) is 6.04 Å². The van der Waals surface area contributed by atoms with Gasteiger partial charge in [-0.25, -0.2) is 0 Å². The number of Topliss-reactive ketones (excluding diaryl/α,β-unsaturated/α-hetero) is 1. The lowest BCUT2D eigenvalue weighted by Gasteiger charge is -2.20. The summed E-state index contributed by atoms with van der Waals surface area (Å²) >= 11 is 0. The van der Waals surface area contributed by atoms with Crippen molar-refractivity contribution in [2.24, 2.45) is 0 Å². The third-order valence-corrected chi connectivity index (χ3v) is 4.46. The topological polar surface area (TPSA) is 22.0 Å². The van der Waals surface area contributed by atoms with Crippen LogP contribution in [0.15, 0.2) is 66.2 Å². The molecule has 0 fully saturated rings. The maximum atomic E-state index is 12.4. The molecule has 0 saturated heterocycles. The highest BCUT2D eigenvalue weighted by atomic mass is 16.1. The normalized spacial score (nSPS) is 18.0. The van der Waals surface area contributed by atoms with Crippen LogP contribution in [0.3, 0.4) is 0 Å². The number of para-hydroxylation sites is 1. The van der Waals surface area contributed by atoms with Crippen LogP contribution in [0.2, 0.25) is 0 Å². The van der Waals surface area contributed by atoms with Gasteiger partial charge in [0.1, 0.15) is 0 Å². The monoisotopic (exact) mass is 287 g/mol. The van der Waals surface area contributed by atoms with Crippen molar-refractivity contribution in [3.63, 3.8) is 0 Å². The molecule has 0 spiro atoms. The molecule has 22 heavy (non-hydrogen) atoms. The number of hydrogen-bond acceptors (Lipinski definition) is 1.